The van der Waals surface area contributed by atoms with Crippen LogP contribution >= 0.6 is 0 Å². The molecule has 3 aromatic rings. The van der Waals surface area contributed by atoms with Crippen molar-refractivity contribution in [2.24, 2.45) is 0 Å². The van der Waals surface area contributed by atoms with Gasteiger partial charge in [-0.15, -0.1) is 0 Å². The maximum absolute atomic E-state index is 10.5. The first kappa shape index (κ1) is 19.4. The van der Waals surface area contributed by atoms with E-state index in [1.54, 1.807) is 6.26 Å². The topological polar surface area (TPSA) is 45.8 Å². The maximum Gasteiger partial charge on any atom is 0.117 e. The average molecular weight is 365 g/mol. The third-order valence-electron chi connectivity index (χ3n) is 4.34. The SMILES string of the molecule is Cc1cccc(CN(Cc2ccco2)C[C@H](O)COCc2ccccc2)c1. The number of aliphatic hydroxyl groups excluding tert-OH is 1. The molecule has 0 radical (unpaired) electrons. The van der Waals surface area contributed by atoms with Crippen LogP contribution in [0, 0.1) is 6.92 Å². The highest BCUT2D eigenvalue weighted by Gasteiger charge is 2.15. The van der Waals surface area contributed by atoms with Crippen LogP contribution in [0.5, 0.6) is 0 Å². The first-order chi connectivity index (χ1) is 13.2. The van der Waals surface area contributed by atoms with E-state index in [1.165, 1.54) is 11.1 Å². The summed E-state index contributed by atoms with van der Waals surface area (Å²) < 4.78 is 11.2. The molecule has 1 heterocycles. The van der Waals surface area contributed by atoms with Gasteiger partial charge >= 0.3 is 0 Å². The Morgan fingerprint density at radius 2 is 1.78 bits per heavy atom. The zero-order chi connectivity index (χ0) is 18.9. The molecule has 4 heteroatoms. The number of ether oxygens (including phenoxy) is 1. The minimum absolute atomic E-state index is 0.303. The smallest absolute Gasteiger partial charge is 0.117 e. The number of nitrogens with zero attached hydrogens (tertiary/aromatic N) is 1. The van der Waals surface area contributed by atoms with Crippen molar-refractivity contribution in [3.8, 4) is 0 Å². The molecule has 1 atom stereocenters. The van der Waals surface area contributed by atoms with E-state index < -0.39 is 6.10 Å². The second-order valence-electron chi connectivity index (χ2n) is 6.89. The molecule has 1 N–H and O–H groups in total. The van der Waals surface area contributed by atoms with Crippen molar-refractivity contribution in [1.29, 1.82) is 0 Å². The summed E-state index contributed by atoms with van der Waals surface area (Å²) in [5.74, 6) is 0.889. The van der Waals surface area contributed by atoms with Crippen molar-refractivity contribution in [3.63, 3.8) is 0 Å². The van der Waals surface area contributed by atoms with Gasteiger partial charge in [0.1, 0.15) is 5.76 Å². The number of aryl methyl sites for hydroxylation is 1. The van der Waals surface area contributed by atoms with Gasteiger partial charge in [-0.05, 0) is 30.2 Å². The number of hydrogen-bond acceptors (Lipinski definition) is 4. The lowest BCUT2D eigenvalue weighted by atomic mass is 10.1. The van der Waals surface area contributed by atoms with E-state index in [-0.39, 0.29) is 0 Å². The fourth-order valence-electron chi connectivity index (χ4n) is 3.11. The molecule has 3 rings (SSSR count). The number of furan rings is 1. The zero-order valence-electron chi connectivity index (χ0n) is 15.8. The Balaban J connectivity index is 1.54. The van der Waals surface area contributed by atoms with Crippen molar-refractivity contribution >= 4 is 0 Å². The predicted molar refractivity (Wildman–Crippen MR) is 106 cm³/mol. The van der Waals surface area contributed by atoms with Gasteiger partial charge in [0.2, 0.25) is 0 Å². The van der Waals surface area contributed by atoms with Crippen LogP contribution in [0.1, 0.15) is 22.5 Å². The summed E-state index contributed by atoms with van der Waals surface area (Å²) in [6, 6.07) is 22.3. The standard InChI is InChI=1S/C23H27NO3/c1-19-7-5-10-21(13-19)14-24(16-23-11-6-12-27-23)15-22(25)18-26-17-20-8-3-2-4-9-20/h2-13,22,25H,14-18H2,1H3/t22-/m0/s1. The van der Waals surface area contributed by atoms with Crippen LogP contribution in [0.3, 0.4) is 0 Å². The normalized spacial score (nSPS) is 12.4. The molecule has 0 saturated carbocycles. The summed E-state index contributed by atoms with van der Waals surface area (Å²) in [7, 11) is 0. The van der Waals surface area contributed by atoms with E-state index in [9.17, 15) is 5.11 Å². The highest BCUT2D eigenvalue weighted by Crippen LogP contribution is 2.13. The van der Waals surface area contributed by atoms with Crippen LogP contribution in [0.2, 0.25) is 0 Å². The second-order valence-corrected chi connectivity index (χ2v) is 6.89. The molecule has 0 aliphatic carbocycles. The summed E-state index contributed by atoms with van der Waals surface area (Å²) in [6.45, 7) is 4.82. The molecule has 27 heavy (non-hydrogen) atoms. The maximum atomic E-state index is 10.5. The highest BCUT2D eigenvalue weighted by atomic mass is 16.5. The Morgan fingerprint density at radius 3 is 2.52 bits per heavy atom. The lowest BCUT2D eigenvalue weighted by Gasteiger charge is -2.24. The molecule has 0 aliphatic rings. The van der Waals surface area contributed by atoms with Crippen molar-refractivity contribution in [3.05, 3.63) is 95.4 Å². The number of rotatable bonds is 10. The molecule has 0 fully saturated rings. The fourth-order valence-corrected chi connectivity index (χ4v) is 3.11. The minimum atomic E-state index is -0.562. The lowest BCUT2D eigenvalue weighted by molar-refractivity contribution is 0.00613. The fraction of sp³-hybridized carbons (Fsp3) is 0.304. The molecule has 0 amide bonds. The van der Waals surface area contributed by atoms with E-state index in [0.29, 0.717) is 26.3 Å². The van der Waals surface area contributed by atoms with Gasteiger partial charge < -0.3 is 14.3 Å². The molecule has 0 aliphatic heterocycles. The summed E-state index contributed by atoms with van der Waals surface area (Å²) in [5.41, 5.74) is 3.56. The number of aliphatic hydroxyl groups is 1. The van der Waals surface area contributed by atoms with Crippen LogP contribution in [0.25, 0.3) is 0 Å². The third-order valence-corrected chi connectivity index (χ3v) is 4.34. The third kappa shape index (κ3) is 6.68. The van der Waals surface area contributed by atoms with Crippen LogP contribution < -0.4 is 0 Å². The summed E-state index contributed by atoms with van der Waals surface area (Å²) >= 11 is 0. The van der Waals surface area contributed by atoms with Crippen LogP contribution in [-0.2, 0) is 24.4 Å². The Labute approximate surface area is 161 Å². The largest absolute Gasteiger partial charge is 0.468 e. The van der Waals surface area contributed by atoms with Gasteiger partial charge in [-0.3, -0.25) is 4.90 Å². The molecular weight excluding hydrogens is 338 g/mol. The summed E-state index contributed by atoms with van der Waals surface area (Å²) in [6.07, 6.45) is 1.12. The molecule has 142 valence electrons. The van der Waals surface area contributed by atoms with Gasteiger partial charge in [0.05, 0.1) is 32.1 Å². The number of benzene rings is 2. The minimum Gasteiger partial charge on any atom is -0.468 e. The first-order valence-corrected chi connectivity index (χ1v) is 9.29. The molecule has 0 spiro atoms. The van der Waals surface area contributed by atoms with Crippen molar-refractivity contribution in [1.82, 2.24) is 4.90 Å². The summed E-state index contributed by atoms with van der Waals surface area (Å²) in [5, 5.41) is 10.5. The Morgan fingerprint density at radius 1 is 0.963 bits per heavy atom. The van der Waals surface area contributed by atoms with E-state index >= 15 is 0 Å². The highest BCUT2D eigenvalue weighted by molar-refractivity contribution is 5.22. The Bertz CT molecular complexity index is 786. The van der Waals surface area contributed by atoms with Gasteiger partial charge in [-0.1, -0.05) is 60.2 Å². The van der Waals surface area contributed by atoms with Gasteiger partial charge in [-0.2, -0.15) is 0 Å². The van der Waals surface area contributed by atoms with Crippen molar-refractivity contribution in [2.75, 3.05) is 13.2 Å². The van der Waals surface area contributed by atoms with Crippen LogP contribution in [0.15, 0.2) is 77.4 Å². The van der Waals surface area contributed by atoms with E-state index in [4.69, 9.17) is 9.15 Å². The van der Waals surface area contributed by atoms with E-state index in [1.807, 2.05) is 42.5 Å². The van der Waals surface area contributed by atoms with Crippen LogP contribution in [-0.4, -0.2) is 29.3 Å². The van der Waals surface area contributed by atoms with E-state index in [2.05, 4.69) is 36.1 Å². The second kappa shape index (κ2) is 10.1. The van der Waals surface area contributed by atoms with E-state index in [0.717, 1.165) is 17.9 Å². The number of hydrogen-bond donors (Lipinski definition) is 1. The molecule has 1 aromatic heterocycles. The summed E-state index contributed by atoms with van der Waals surface area (Å²) in [4.78, 5) is 2.18. The van der Waals surface area contributed by atoms with Gasteiger partial charge in [-0.25, -0.2) is 0 Å². The lowest BCUT2D eigenvalue weighted by Crippen LogP contribution is -2.34. The molecule has 0 saturated heterocycles. The first-order valence-electron chi connectivity index (χ1n) is 9.29. The predicted octanol–water partition coefficient (Wildman–Crippen LogP) is 4.17. The Kier molecular flexibility index (Phi) is 7.22. The average Bonchev–Trinajstić information content (AvgIpc) is 3.15. The molecule has 0 unspecified atom stereocenters. The quantitative estimate of drug-likeness (QED) is 0.586. The zero-order valence-corrected chi connectivity index (χ0v) is 15.8. The van der Waals surface area contributed by atoms with Crippen LogP contribution in [0.4, 0.5) is 0 Å². The van der Waals surface area contributed by atoms with Crippen molar-refractivity contribution < 1.29 is 14.3 Å². The molecule has 0 bridgehead atoms. The van der Waals surface area contributed by atoms with Gasteiger partial charge in [0.15, 0.2) is 0 Å². The Hall–Kier alpha value is -2.40. The van der Waals surface area contributed by atoms with Gasteiger partial charge in [0.25, 0.3) is 0 Å². The monoisotopic (exact) mass is 365 g/mol. The van der Waals surface area contributed by atoms with Gasteiger partial charge in [0, 0.05) is 13.1 Å². The molecule has 4 nitrogen and oxygen atoms in total. The molecule has 2 aromatic carbocycles. The van der Waals surface area contributed by atoms with Crippen molar-refractivity contribution in [2.45, 2.75) is 32.7 Å². The molecular formula is C23H27NO3.